The minimum atomic E-state index is -0.276. The Morgan fingerprint density at radius 3 is 2.53 bits per heavy atom. The predicted molar refractivity (Wildman–Crippen MR) is 131 cm³/mol. The molecule has 7 nitrogen and oxygen atoms in total. The highest BCUT2D eigenvalue weighted by Gasteiger charge is 2.22. The molecule has 178 valence electrons. The Morgan fingerprint density at radius 1 is 1.00 bits per heavy atom. The first-order chi connectivity index (χ1) is 16.6. The molecule has 1 heterocycles. The molecule has 0 aliphatic carbocycles. The zero-order valence-electron chi connectivity index (χ0n) is 19.2. The van der Waals surface area contributed by atoms with Gasteiger partial charge >= 0.3 is 6.03 Å². The highest BCUT2D eigenvalue weighted by molar-refractivity contribution is 6.32. The Morgan fingerprint density at radius 2 is 1.76 bits per heavy atom. The summed E-state index contributed by atoms with van der Waals surface area (Å²) in [6.45, 7) is 2.24. The molecule has 0 atom stereocenters. The van der Waals surface area contributed by atoms with Crippen LogP contribution >= 0.6 is 11.6 Å². The molecule has 3 aromatic carbocycles. The molecule has 0 unspecified atom stereocenters. The van der Waals surface area contributed by atoms with E-state index in [4.69, 9.17) is 30.5 Å². The van der Waals surface area contributed by atoms with Crippen molar-refractivity contribution in [2.45, 2.75) is 19.8 Å². The molecule has 0 radical (unpaired) electrons. The van der Waals surface area contributed by atoms with E-state index in [1.165, 1.54) is 14.2 Å². The largest absolute Gasteiger partial charge is 0.495 e. The van der Waals surface area contributed by atoms with Gasteiger partial charge in [0.05, 0.1) is 51.2 Å². The highest BCUT2D eigenvalue weighted by Crippen LogP contribution is 2.36. The van der Waals surface area contributed by atoms with Gasteiger partial charge < -0.3 is 29.2 Å². The zero-order chi connectivity index (χ0) is 23.9. The second kappa shape index (κ2) is 11.1. The number of carbonyl (C=O) groups excluding carboxylic acids is 1. The lowest BCUT2D eigenvalue weighted by atomic mass is 10.1. The summed E-state index contributed by atoms with van der Waals surface area (Å²) in [5.41, 5.74) is 3.53. The van der Waals surface area contributed by atoms with Crippen molar-refractivity contribution in [3.05, 3.63) is 82.4 Å². The number of benzene rings is 3. The number of nitrogens with zero attached hydrogens (tertiary/aromatic N) is 1. The van der Waals surface area contributed by atoms with E-state index in [0.29, 0.717) is 55.1 Å². The maximum atomic E-state index is 13.1. The van der Waals surface area contributed by atoms with Crippen LogP contribution in [-0.2, 0) is 24.5 Å². The number of anilines is 1. The number of ether oxygens (including phenoxy) is 4. The van der Waals surface area contributed by atoms with Crippen molar-refractivity contribution in [2.24, 2.45) is 0 Å². The van der Waals surface area contributed by atoms with Crippen LogP contribution in [0.15, 0.2) is 60.7 Å². The third-order valence-corrected chi connectivity index (χ3v) is 5.78. The highest BCUT2D eigenvalue weighted by atomic mass is 35.5. The van der Waals surface area contributed by atoms with E-state index in [0.717, 1.165) is 22.4 Å². The fourth-order valence-corrected chi connectivity index (χ4v) is 3.96. The van der Waals surface area contributed by atoms with Crippen molar-refractivity contribution in [1.29, 1.82) is 0 Å². The fraction of sp³-hybridized carbons (Fsp3) is 0.269. The van der Waals surface area contributed by atoms with Gasteiger partial charge in [-0.2, -0.15) is 0 Å². The number of methoxy groups -OCH3 is 2. The van der Waals surface area contributed by atoms with Crippen LogP contribution in [0.2, 0.25) is 5.02 Å². The van der Waals surface area contributed by atoms with Gasteiger partial charge in [-0.15, -0.1) is 0 Å². The molecule has 1 aliphatic rings. The quantitative estimate of drug-likeness (QED) is 0.481. The average Bonchev–Trinajstić information content (AvgIpc) is 3.07. The summed E-state index contributed by atoms with van der Waals surface area (Å²) in [5, 5.41) is 3.27. The molecule has 0 aromatic heterocycles. The molecule has 0 spiro atoms. The molecule has 0 fully saturated rings. The molecule has 34 heavy (non-hydrogen) atoms. The number of fused-ring (bicyclic) bond motifs is 1. The summed E-state index contributed by atoms with van der Waals surface area (Å²) < 4.78 is 22.4. The second-order valence-corrected chi connectivity index (χ2v) is 8.21. The molecule has 2 amide bonds. The molecule has 1 aliphatic heterocycles. The van der Waals surface area contributed by atoms with Crippen LogP contribution in [0.3, 0.4) is 0 Å². The Hall–Kier alpha value is -3.42. The molecular weight excluding hydrogens is 456 g/mol. The summed E-state index contributed by atoms with van der Waals surface area (Å²) in [6.07, 6.45) is 0. The van der Waals surface area contributed by atoms with E-state index in [2.05, 4.69) is 5.32 Å². The monoisotopic (exact) mass is 482 g/mol. The number of halogens is 1. The lowest BCUT2D eigenvalue weighted by Gasteiger charge is -2.22. The third-order valence-electron chi connectivity index (χ3n) is 5.49. The van der Waals surface area contributed by atoms with Gasteiger partial charge in [0.1, 0.15) is 23.9 Å². The first-order valence-corrected chi connectivity index (χ1v) is 11.3. The van der Waals surface area contributed by atoms with Gasteiger partial charge in [-0.1, -0.05) is 48.0 Å². The summed E-state index contributed by atoms with van der Waals surface area (Å²) in [5.74, 6) is 1.70. The van der Waals surface area contributed by atoms with E-state index in [-0.39, 0.29) is 6.03 Å². The van der Waals surface area contributed by atoms with Crippen LogP contribution in [-0.4, -0.2) is 38.3 Å². The van der Waals surface area contributed by atoms with Gasteiger partial charge in [-0.05, 0) is 29.3 Å². The smallest absolute Gasteiger partial charge is 0.322 e. The Kier molecular flexibility index (Phi) is 7.77. The van der Waals surface area contributed by atoms with Gasteiger partial charge in [-0.25, -0.2) is 4.79 Å². The van der Waals surface area contributed by atoms with Crippen molar-refractivity contribution >= 4 is 23.3 Å². The zero-order valence-corrected chi connectivity index (χ0v) is 19.9. The molecule has 4 rings (SSSR count). The molecular formula is C26H27ClN2O5. The van der Waals surface area contributed by atoms with Crippen molar-refractivity contribution < 1.29 is 23.7 Å². The first-order valence-electron chi connectivity index (χ1n) is 10.9. The number of nitrogens with one attached hydrogen (secondary N) is 1. The van der Waals surface area contributed by atoms with Crippen LogP contribution in [0.5, 0.6) is 17.2 Å². The standard InChI is InChI=1S/C26H27ClN2O5/c1-31-24-14-25(32-2)22(13-21(24)27)28-26(30)29-10-11-34-23-9-8-19(12-20(23)15-29)17-33-16-18-6-4-3-5-7-18/h3-9,12-14H,10-11,15-17H2,1-2H3,(H,28,30). The van der Waals surface area contributed by atoms with Crippen LogP contribution in [0, 0.1) is 0 Å². The predicted octanol–water partition coefficient (Wildman–Crippen LogP) is 5.50. The molecule has 0 bridgehead atoms. The molecule has 1 N–H and O–H groups in total. The van der Waals surface area contributed by atoms with Gasteiger partial charge in [0.25, 0.3) is 0 Å². The van der Waals surface area contributed by atoms with Crippen molar-refractivity contribution in [2.75, 3.05) is 32.7 Å². The van der Waals surface area contributed by atoms with Gasteiger partial charge in [0, 0.05) is 11.6 Å². The SMILES string of the molecule is COc1cc(OC)c(NC(=O)N2CCOc3ccc(COCc4ccccc4)cc3C2)cc1Cl. The molecule has 0 saturated carbocycles. The van der Waals surface area contributed by atoms with E-state index < -0.39 is 0 Å². The number of urea groups is 1. The lowest BCUT2D eigenvalue weighted by Crippen LogP contribution is -2.36. The summed E-state index contributed by atoms with van der Waals surface area (Å²) in [4.78, 5) is 14.8. The maximum Gasteiger partial charge on any atom is 0.322 e. The van der Waals surface area contributed by atoms with Crippen LogP contribution < -0.4 is 19.5 Å². The molecule has 8 heteroatoms. The first kappa shape index (κ1) is 23.7. The van der Waals surface area contributed by atoms with Crippen molar-refractivity contribution in [3.8, 4) is 17.2 Å². The average molecular weight is 483 g/mol. The Bertz CT molecular complexity index is 1140. The number of hydrogen-bond donors (Lipinski definition) is 1. The fourth-order valence-electron chi connectivity index (χ4n) is 3.72. The Labute approximate surface area is 204 Å². The summed E-state index contributed by atoms with van der Waals surface area (Å²) >= 11 is 6.24. The van der Waals surface area contributed by atoms with Crippen LogP contribution in [0.25, 0.3) is 0 Å². The number of rotatable bonds is 7. The van der Waals surface area contributed by atoms with E-state index in [1.807, 2.05) is 48.5 Å². The molecule has 0 saturated heterocycles. The number of hydrogen-bond acceptors (Lipinski definition) is 5. The topological polar surface area (TPSA) is 69.3 Å². The third kappa shape index (κ3) is 5.73. The van der Waals surface area contributed by atoms with Gasteiger partial charge in [0.2, 0.25) is 0 Å². The van der Waals surface area contributed by atoms with Crippen molar-refractivity contribution in [3.63, 3.8) is 0 Å². The van der Waals surface area contributed by atoms with Crippen molar-refractivity contribution in [1.82, 2.24) is 4.90 Å². The number of carbonyl (C=O) groups is 1. The minimum absolute atomic E-state index is 0.276. The number of amides is 2. The minimum Gasteiger partial charge on any atom is -0.495 e. The lowest BCUT2D eigenvalue weighted by molar-refractivity contribution is 0.107. The Balaban J connectivity index is 1.43. The summed E-state index contributed by atoms with van der Waals surface area (Å²) in [7, 11) is 3.05. The van der Waals surface area contributed by atoms with E-state index in [9.17, 15) is 4.79 Å². The van der Waals surface area contributed by atoms with Crippen LogP contribution in [0.4, 0.5) is 10.5 Å². The van der Waals surface area contributed by atoms with Crippen LogP contribution in [0.1, 0.15) is 16.7 Å². The van der Waals surface area contributed by atoms with Gasteiger partial charge in [0.15, 0.2) is 0 Å². The summed E-state index contributed by atoms with van der Waals surface area (Å²) in [6, 6.07) is 19.0. The normalized spacial score (nSPS) is 12.9. The van der Waals surface area contributed by atoms with E-state index >= 15 is 0 Å². The molecule has 3 aromatic rings. The second-order valence-electron chi connectivity index (χ2n) is 7.81. The maximum absolute atomic E-state index is 13.1. The van der Waals surface area contributed by atoms with E-state index in [1.54, 1.807) is 17.0 Å². The van der Waals surface area contributed by atoms with Gasteiger partial charge in [-0.3, -0.25) is 0 Å².